The van der Waals surface area contributed by atoms with Crippen LogP contribution < -0.4 is 14.4 Å². The molecule has 1 atom stereocenters. The van der Waals surface area contributed by atoms with Crippen LogP contribution in [0.2, 0.25) is 0 Å². The highest BCUT2D eigenvalue weighted by Crippen LogP contribution is 2.44. The lowest BCUT2D eigenvalue weighted by molar-refractivity contribution is -0.137. The highest BCUT2D eigenvalue weighted by molar-refractivity contribution is 6.51. The minimum Gasteiger partial charge on any atom is -0.507 e. The van der Waals surface area contributed by atoms with Crippen molar-refractivity contribution in [3.8, 4) is 11.5 Å². The van der Waals surface area contributed by atoms with Crippen molar-refractivity contribution in [2.75, 3.05) is 18.6 Å². The fourth-order valence-electron chi connectivity index (χ4n) is 4.70. The molecule has 190 valence electrons. The molecular weight excluding hydrogens is 487 g/mol. The van der Waals surface area contributed by atoms with Gasteiger partial charge in [-0.05, 0) is 78.6 Å². The van der Waals surface area contributed by atoms with E-state index < -0.39 is 29.5 Å². The summed E-state index contributed by atoms with van der Waals surface area (Å²) in [6, 6.07) is 14.5. The number of ketones is 1. The number of fused-ring (bicyclic) bond motifs is 1. The Kier molecular flexibility index (Phi) is 6.15. The zero-order chi connectivity index (χ0) is 26.3. The van der Waals surface area contributed by atoms with E-state index in [9.17, 15) is 27.9 Å². The molecule has 37 heavy (non-hydrogen) atoms. The van der Waals surface area contributed by atoms with Gasteiger partial charge in [0.2, 0.25) is 0 Å². The van der Waals surface area contributed by atoms with Crippen molar-refractivity contribution in [3.05, 3.63) is 94.6 Å². The number of methoxy groups -OCH3 is 1. The van der Waals surface area contributed by atoms with Crippen molar-refractivity contribution in [1.82, 2.24) is 0 Å². The Morgan fingerprint density at radius 3 is 2.51 bits per heavy atom. The minimum absolute atomic E-state index is 0.0841. The molecule has 0 bridgehead atoms. The van der Waals surface area contributed by atoms with Gasteiger partial charge < -0.3 is 14.6 Å². The van der Waals surface area contributed by atoms with Crippen LogP contribution in [0.5, 0.6) is 11.5 Å². The summed E-state index contributed by atoms with van der Waals surface area (Å²) in [5, 5.41) is 11.3. The molecule has 1 amide bonds. The largest absolute Gasteiger partial charge is 0.507 e. The van der Waals surface area contributed by atoms with Gasteiger partial charge in [-0.15, -0.1) is 0 Å². The van der Waals surface area contributed by atoms with E-state index in [1.165, 1.54) is 7.11 Å². The molecule has 1 unspecified atom stereocenters. The number of carbonyl (C=O) groups excluding carboxylic acids is 2. The molecule has 2 heterocycles. The van der Waals surface area contributed by atoms with Crippen molar-refractivity contribution >= 4 is 23.1 Å². The smallest absolute Gasteiger partial charge is 0.416 e. The summed E-state index contributed by atoms with van der Waals surface area (Å²) in [6.07, 6.45) is -3.02. The van der Waals surface area contributed by atoms with Crippen LogP contribution in [-0.2, 0) is 22.2 Å². The summed E-state index contributed by atoms with van der Waals surface area (Å²) in [5.41, 5.74) is 0.673. The van der Waals surface area contributed by atoms with Gasteiger partial charge in [0.25, 0.3) is 11.7 Å². The fourth-order valence-corrected chi connectivity index (χ4v) is 4.70. The number of carbonyl (C=O) groups is 2. The van der Waals surface area contributed by atoms with Crippen molar-refractivity contribution in [2.45, 2.75) is 25.1 Å². The van der Waals surface area contributed by atoms with Crippen molar-refractivity contribution in [1.29, 1.82) is 0 Å². The van der Waals surface area contributed by atoms with Crippen LogP contribution >= 0.6 is 0 Å². The Balaban J connectivity index is 1.67. The van der Waals surface area contributed by atoms with Crippen molar-refractivity contribution in [3.63, 3.8) is 0 Å². The third-order valence-electron chi connectivity index (χ3n) is 6.51. The molecule has 3 aromatic carbocycles. The maximum Gasteiger partial charge on any atom is 0.416 e. The zero-order valence-corrected chi connectivity index (χ0v) is 19.7. The number of hydrogen-bond acceptors (Lipinski definition) is 5. The molecule has 9 heteroatoms. The number of aliphatic hydroxyl groups is 1. The van der Waals surface area contributed by atoms with Crippen LogP contribution in [0, 0.1) is 0 Å². The molecular formula is C28H22F3NO5. The van der Waals surface area contributed by atoms with Gasteiger partial charge in [-0.25, -0.2) is 0 Å². The van der Waals surface area contributed by atoms with Crippen LogP contribution in [0.1, 0.15) is 34.7 Å². The lowest BCUT2D eigenvalue weighted by atomic mass is 9.93. The predicted molar refractivity (Wildman–Crippen MR) is 129 cm³/mol. The van der Waals surface area contributed by atoms with E-state index in [2.05, 4.69) is 0 Å². The third kappa shape index (κ3) is 4.41. The molecule has 2 aliphatic heterocycles. The number of alkyl halides is 3. The van der Waals surface area contributed by atoms with Crippen LogP contribution in [0.3, 0.4) is 0 Å². The maximum absolute atomic E-state index is 13.3. The van der Waals surface area contributed by atoms with Gasteiger partial charge in [-0.3, -0.25) is 14.5 Å². The standard InChI is InChI=1S/C28H22F3NO5/c1-36-21-6-2-4-17(15-21)24-23(25(33)18-7-12-22-16(14-18)5-3-13-37-22)26(34)27(35)32(24)20-10-8-19(9-11-20)28(29,30)31/h2,4,6-12,14-15,24,33H,3,5,13H2,1H3/b25-23-. The molecule has 6 nitrogen and oxygen atoms in total. The lowest BCUT2D eigenvalue weighted by Gasteiger charge is -2.26. The molecule has 0 aromatic heterocycles. The number of hydrogen-bond donors (Lipinski definition) is 1. The van der Waals surface area contributed by atoms with Gasteiger partial charge in [-0.1, -0.05) is 12.1 Å². The molecule has 0 radical (unpaired) electrons. The normalized spacial score (nSPS) is 18.9. The minimum atomic E-state index is -4.56. The number of aliphatic hydroxyl groups excluding tert-OH is 1. The molecule has 1 fully saturated rings. The summed E-state index contributed by atoms with van der Waals surface area (Å²) in [4.78, 5) is 27.7. The van der Waals surface area contributed by atoms with E-state index in [-0.39, 0.29) is 17.0 Å². The molecule has 0 spiro atoms. The number of nitrogens with zero attached hydrogens (tertiary/aromatic N) is 1. The van der Waals surface area contributed by atoms with Crippen molar-refractivity contribution < 1.29 is 37.3 Å². The number of Topliss-reactive ketones (excluding diaryl/α,β-unsaturated/α-hetero) is 1. The van der Waals surface area contributed by atoms with Gasteiger partial charge >= 0.3 is 6.18 Å². The SMILES string of the molecule is COc1cccc(C2/C(=C(/O)c3ccc4c(c3)CCCO4)C(=O)C(=O)N2c2ccc(C(F)(F)F)cc2)c1. The number of rotatable bonds is 4. The fraction of sp³-hybridized carbons (Fsp3) is 0.214. The summed E-state index contributed by atoms with van der Waals surface area (Å²) in [5.74, 6) is -1.15. The number of anilines is 1. The first-order valence-electron chi connectivity index (χ1n) is 11.6. The van der Waals surface area contributed by atoms with E-state index >= 15 is 0 Å². The quantitative estimate of drug-likeness (QED) is 0.279. The molecule has 0 saturated carbocycles. The Bertz CT molecular complexity index is 1410. The molecule has 0 aliphatic carbocycles. The summed E-state index contributed by atoms with van der Waals surface area (Å²) in [7, 11) is 1.46. The first-order chi connectivity index (χ1) is 17.7. The topological polar surface area (TPSA) is 76.1 Å². The van der Waals surface area contributed by atoms with Crippen LogP contribution in [0.4, 0.5) is 18.9 Å². The first-order valence-corrected chi connectivity index (χ1v) is 11.6. The molecule has 1 saturated heterocycles. The third-order valence-corrected chi connectivity index (χ3v) is 6.51. The highest BCUT2D eigenvalue weighted by atomic mass is 19.4. The Labute approximate surface area is 210 Å². The van der Waals surface area contributed by atoms with Crippen LogP contribution in [0.15, 0.2) is 72.3 Å². The second kappa shape index (κ2) is 9.31. The first kappa shape index (κ1) is 24.4. The van der Waals surface area contributed by atoms with Gasteiger partial charge in [-0.2, -0.15) is 13.2 Å². The Hall–Kier alpha value is -4.27. The van der Waals surface area contributed by atoms with Gasteiger partial charge in [0.05, 0.1) is 30.9 Å². The second-order valence-electron chi connectivity index (χ2n) is 8.76. The van der Waals surface area contributed by atoms with Crippen molar-refractivity contribution in [2.24, 2.45) is 0 Å². The predicted octanol–water partition coefficient (Wildman–Crippen LogP) is 5.67. The monoisotopic (exact) mass is 509 g/mol. The van der Waals surface area contributed by atoms with E-state index in [1.807, 2.05) is 0 Å². The van der Waals surface area contributed by atoms with Gasteiger partial charge in [0, 0.05) is 11.3 Å². The highest BCUT2D eigenvalue weighted by Gasteiger charge is 2.47. The Morgan fingerprint density at radius 1 is 1.05 bits per heavy atom. The Morgan fingerprint density at radius 2 is 1.81 bits per heavy atom. The lowest BCUT2D eigenvalue weighted by Crippen LogP contribution is -2.29. The van der Waals surface area contributed by atoms with E-state index in [4.69, 9.17) is 9.47 Å². The second-order valence-corrected chi connectivity index (χ2v) is 8.76. The number of halogens is 3. The average molecular weight is 509 g/mol. The van der Waals surface area contributed by atoms with E-state index in [0.717, 1.165) is 47.6 Å². The summed E-state index contributed by atoms with van der Waals surface area (Å²) >= 11 is 0. The number of amides is 1. The average Bonchev–Trinajstić information content (AvgIpc) is 3.17. The maximum atomic E-state index is 13.3. The zero-order valence-electron chi connectivity index (χ0n) is 19.7. The molecule has 2 aliphatic rings. The van der Waals surface area contributed by atoms with Crippen LogP contribution in [-0.4, -0.2) is 30.5 Å². The number of benzene rings is 3. The van der Waals surface area contributed by atoms with Gasteiger partial charge in [0.15, 0.2) is 0 Å². The van der Waals surface area contributed by atoms with E-state index in [0.29, 0.717) is 29.2 Å². The van der Waals surface area contributed by atoms with Gasteiger partial charge in [0.1, 0.15) is 17.3 Å². The molecule has 1 N–H and O–H groups in total. The van der Waals surface area contributed by atoms with E-state index in [1.54, 1.807) is 42.5 Å². The number of ether oxygens (including phenoxy) is 2. The molecule has 3 aromatic rings. The number of aryl methyl sites for hydroxylation is 1. The van der Waals surface area contributed by atoms with Crippen LogP contribution in [0.25, 0.3) is 5.76 Å². The summed E-state index contributed by atoms with van der Waals surface area (Å²) in [6.45, 7) is 0.590. The molecule has 5 rings (SSSR count). The summed E-state index contributed by atoms with van der Waals surface area (Å²) < 4.78 is 50.3.